The second-order valence-electron chi connectivity index (χ2n) is 9.33. The molecule has 0 N–H and O–H groups in total. The molecule has 4 heterocycles. The summed E-state index contributed by atoms with van der Waals surface area (Å²) >= 11 is 0. The van der Waals surface area contributed by atoms with Gasteiger partial charge in [-0.05, 0) is 41.8 Å². The molecular weight excluding hydrogens is 426 g/mol. The van der Waals surface area contributed by atoms with Gasteiger partial charge in [-0.2, -0.15) is 10.3 Å². The van der Waals surface area contributed by atoms with Gasteiger partial charge in [-0.3, -0.25) is 4.84 Å². The van der Waals surface area contributed by atoms with Gasteiger partial charge in [0.1, 0.15) is 11.5 Å². The maximum absolute atomic E-state index is 10.8. The van der Waals surface area contributed by atoms with Gasteiger partial charge >= 0.3 is 0 Å². The molecule has 6 nitrogen and oxygen atoms in total. The monoisotopic (exact) mass is 449 g/mol. The lowest BCUT2D eigenvalue weighted by atomic mass is 9.75. The Morgan fingerprint density at radius 1 is 1.00 bits per heavy atom. The number of aromatic nitrogens is 1. The molecule has 1 saturated heterocycles. The molecule has 0 amide bonds. The predicted molar refractivity (Wildman–Crippen MR) is 126 cm³/mol. The van der Waals surface area contributed by atoms with Crippen LogP contribution < -0.4 is 9.47 Å². The van der Waals surface area contributed by atoms with E-state index in [-0.39, 0.29) is 12.8 Å². The molecule has 7 rings (SSSR count). The fraction of sp³-hybridized carbons (Fsp3) is 0.250. The van der Waals surface area contributed by atoms with Crippen LogP contribution in [0, 0.1) is 23.7 Å². The predicted octanol–water partition coefficient (Wildman–Crippen LogP) is 5.43. The highest BCUT2D eigenvalue weighted by Crippen LogP contribution is 2.62. The molecule has 3 aliphatic heterocycles. The van der Waals surface area contributed by atoms with E-state index in [4.69, 9.17) is 14.3 Å². The molecule has 3 aromatic carbocycles. The first-order valence-electron chi connectivity index (χ1n) is 11.6. The van der Waals surface area contributed by atoms with Crippen LogP contribution in [0.25, 0.3) is 10.9 Å². The minimum absolute atomic E-state index is 0.194. The summed E-state index contributed by atoms with van der Waals surface area (Å²) in [4.78, 5) is 6.68. The SMILES string of the molecule is Cc1c2n(c3ccccc13)C[C@]1(C#N)[C@@H](c3ccc4c(c3)OCO4)ON(Cc3ccccc3)[C@H]21. The third-order valence-corrected chi connectivity index (χ3v) is 7.53. The smallest absolute Gasteiger partial charge is 0.231 e. The molecule has 0 bridgehead atoms. The lowest BCUT2D eigenvalue weighted by molar-refractivity contribution is -0.175. The van der Waals surface area contributed by atoms with Gasteiger partial charge in [-0.1, -0.05) is 54.6 Å². The van der Waals surface area contributed by atoms with E-state index in [1.165, 1.54) is 22.2 Å². The summed E-state index contributed by atoms with van der Waals surface area (Å²) in [6.07, 6.45) is -0.432. The van der Waals surface area contributed by atoms with E-state index in [0.717, 1.165) is 16.9 Å². The first-order chi connectivity index (χ1) is 16.7. The van der Waals surface area contributed by atoms with Crippen LogP contribution in [0.4, 0.5) is 0 Å². The van der Waals surface area contributed by atoms with E-state index in [1.807, 2.05) is 41.5 Å². The first kappa shape index (κ1) is 19.7. The first-order valence-corrected chi connectivity index (χ1v) is 11.6. The van der Waals surface area contributed by atoms with Gasteiger partial charge in [0, 0.05) is 29.7 Å². The highest BCUT2D eigenvalue weighted by atomic mass is 16.7. The van der Waals surface area contributed by atoms with Crippen LogP contribution in [0.2, 0.25) is 0 Å². The summed E-state index contributed by atoms with van der Waals surface area (Å²) in [6, 6.07) is 27.2. The molecule has 4 aromatic rings. The summed E-state index contributed by atoms with van der Waals surface area (Å²) < 4.78 is 13.5. The van der Waals surface area contributed by atoms with Crippen LogP contribution in [0.5, 0.6) is 11.5 Å². The fourth-order valence-corrected chi connectivity index (χ4v) is 6.00. The molecular formula is C28H23N3O3. The number of aryl methyl sites for hydroxylation is 1. The lowest BCUT2D eigenvalue weighted by Gasteiger charge is -2.26. The van der Waals surface area contributed by atoms with Crippen molar-refractivity contribution in [3.8, 4) is 17.6 Å². The number of ether oxygens (including phenoxy) is 2. The Morgan fingerprint density at radius 3 is 2.65 bits per heavy atom. The summed E-state index contributed by atoms with van der Waals surface area (Å²) in [5, 5.41) is 14.0. The van der Waals surface area contributed by atoms with Crippen molar-refractivity contribution >= 4 is 10.9 Å². The van der Waals surface area contributed by atoms with Crippen molar-refractivity contribution in [2.45, 2.75) is 32.2 Å². The third-order valence-electron chi connectivity index (χ3n) is 7.53. The average Bonchev–Trinajstić information content (AvgIpc) is 3.61. The highest BCUT2D eigenvalue weighted by Gasteiger charge is 2.63. The number of para-hydroxylation sites is 1. The van der Waals surface area contributed by atoms with Gasteiger partial charge in [0.25, 0.3) is 0 Å². The van der Waals surface area contributed by atoms with Crippen molar-refractivity contribution < 1.29 is 14.3 Å². The van der Waals surface area contributed by atoms with Crippen LogP contribution in [0.15, 0.2) is 72.8 Å². The largest absolute Gasteiger partial charge is 0.454 e. The number of hydrogen-bond acceptors (Lipinski definition) is 5. The zero-order valence-electron chi connectivity index (χ0n) is 18.8. The minimum atomic E-state index is -0.771. The van der Waals surface area contributed by atoms with Crippen LogP contribution >= 0.6 is 0 Å². The van der Waals surface area contributed by atoms with Crippen LogP contribution in [-0.4, -0.2) is 16.4 Å². The quantitative estimate of drug-likeness (QED) is 0.417. The van der Waals surface area contributed by atoms with Crippen molar-refractivity contribution in [3.05, 3.63) is 95.2 Å². The highest BCUT2D eigenvalue weighted by molar-refractivity contribution is 5.86. The van der Waals surface area contributed by atoms with E-state index in [2.05, 4.69) is 54.0 Å². The van der Waals surface area contributed by atoms with Crippen LogP contribution in [-0.2, 0) is 17.9 Å². The zero-order valence-corrected chi connectivity index (χ0v) is 18.8. The Hall–Kier alpha value is -3.79. The van der Waals surface area contributed by atoms with E-state index in [0.29, 0.717) is 18.8 Å². The summed E-state index contributed by atoms with van der Waals surface area (Å²) in [5.74, 6) is 1.43. The number of hydroxylamine groups is 2. The molecule has 0 aliphatic carbocycles. The molecule has 0 saturated carbocycles. The number of hydrogen-bond donors (Lipinski definition) is 0. The second-order valence-corrected chi connectivity index (χ2v) is 9.33. The Kier molecular flexibility index (Phi) is 4.11. The Bertz CT molecular complexity index is 1470. The molecule has 1 fully saturated rings. The Balaban J connectivity index is 1.40. The summed E-state index contributed by atoms with van der Waals surface area (Å²) in [6.45, 7) is 3.54. The zero-order chi connectivity index (χ0) is 22.9. The number of benzene rings is 3. The van der Waals surface area contributed by atoms with Gasteiger partial charge < -0.3 is 14.0 Å². The van der Waals surface area contributed by atoms with E-state index < -0.39 is 11.5 Å². The topological polar surface area (TPSA) is 59.7 Å². The number of nitrogens with zero attached hydrogens (tertiary/aromatic N) is 3. The Morgan fingerprint density at radius 2 is 1.79 bits per heavy atom. The van der Waals surface area contributed by atoms with Gasteiger partial charge in [-0.25, -0.2) is 0 Å². The second kappa shape index (κ2) is 7.10. The average molecular weight is 450 g/mol. The van der Waals surface area contributed by atoms with Crippen LogP contribution in [0.3, 0.4) is 0 Å². The van der Waals surface area contributed by atoms with E-state index >= 15 is 0 Å². The van der Waals surface area contributed by atoms with Crippen molar-refractivity contribution in [2.24, 2.45) is 5.41 Å². The molecule has 0 spiro atoms. The van der Waals surface area contributed by atoms with Gasteiger partial charge in [-0.15, -0.1) is 0 Å². The van der Waals surface area contributed by atoms with Crippen LogP contribution in [0.1, 0.15) is 34.5 Å². The van der Waals surface area contributed by atoms with Crippen molar-refractivity contribution in [1.82, 2.24) is 9.63 Å². The maximum atomic E-state index is 10.8. The lowest BCUT2D eigenvalue weighted by Crippen LogP contribution is -2.30. The fourth-order valence-electron chi connectivity index (χ4n) is 6.00. The van der Waals surface area contributed by atoms with Crippen molar-refractivity contribution in [2.75, 3.05) is 6.79 Å². The molecule has 168 valence electrons. The van der Waals surface area contributed by atoms with E-state index in [1.54, 1.807) is 0 Å². The summed E-state index contributed by atoms with van der Waals surface area (Å²) in [7, 11) is 0. The third kappa shape index (κ3) is 2.57. The summed E-state index contributed by atoms with van der Waals surface area (Å²) in [5.41, 5.74) is 4.86. The van der Waals surface area contributed by atoms with Gasteiger partial charge in [0.2, 0.25) is 6.79 Å². The maximum Gasteiger partial charge on any atom is 0.231 e. The van der Waals surface area contributed by atoms with Gasteiger partial charge in [0.05, 0.1) is 12.1 Å². The minimum Gasteiger partial charge on any atom is -0.454 e. The standard InChI is InChI=1S/C28H23N3O3/c1-18-21-9-5-6-10-22(21)30-16-28(15-29)26(25(18)30)31(14-19-7-3-2-4-8-19)34-27(28)20-11-12-23-24(13-20)33-17-32-23/h2-13,26-27H,14,16-17H2,1H3/t26-,27-,28+/m1/s1. The van der Waals surface area contributed by atoms with Gasteiger partial charge in [0.15, 0.2) is 11.5 Å². The number of rotatable bonds is 3. The normalized spacial score (nSPS) is 24.8. The molecule has 1 aromatic heterocycles. The van der Waals surface area contributed by atoms with E-state index in [9.17, 15) is 5.26 Å². The molecule has 3 atom stereocenters. The number of nitriles is 1. The molecule has 34 heavy (non-hydrogen) atoms. The van der Waals surface area contributed by atoms with Crippen molar-refractivity contribution in [1.29, 1.82) is 5.26 Å². The number of fused-ring (bicyclic) bond motifs is 6. The molecule has 0 unspecified atom stereocenters. The Labute approximate surface area is 197 Å². The van der Waals surface area contributed by atoms with Crippen molar-refractivity contribution in [3.63, 3.8) is 0 Å². The molecule has 0 radical (unpaired) electrons. The molecule has 3 aliphatic rings. The molecule has 6 heteroatoms.